The molecule has 0 radical (unpaired) electrons. The number of aryl methyl sites for hydroxylation is 2. The molecule has 2 aromatic carbocycles. The van der Waals surface area contributed by atoms with Gasteiger partial charge in [-0.25, -0.2) is 0 Å². The molecule has 1 N–H and O–H groups in total. The second kappa shape index (κ2) is 5.92. The molecular formula is C15H15ClN2O2. The molecule has 0 saturated heterocycles. The zero-order valence-electron chi connectivity index (χ0n) is 11.3. The Morgan fingerprint density at radius 1 is 1.20 bits per heavy atom. The van der Waals surface area contributed by atoms with Crippen LogP contribution in [0.2, 0.25) is 5.02 Å². The lowest BCUT2D eigenvalue weighted by molar-refractivity contribution is -0.384. The Bertz CT molecular complexity index is 656. The lowest BCUT2D eigenvalue weighted by Crippen LogP contribution is -2.03. The summed E-state index contributed by atoms with van der Waals surface area (Å²) in [7, 11) is 0. The molecule has 0 fully saturated rings. The highest BCUT2D eigenvalue weighted by Gasteiger charge is 2.13. The van der Waals surface area contributed by atoms with Gasteiger partial charge in [-0.1, -0.05) is 29.8 Å². The SMILES string of the molecule is Cc1ccc([N+](=O)[O-])c(NCc2ccc(C)c(Cl)c2)c1. The third-order valence-corrected chi connectivity index (χ3v) is 3.48. The third kappa shape index (κ3) is 3.27. The van der Waals surface area contributed by atoms with Crippen molar-refractivity contribution in [1.82, 2.24) is 0 Å². The van der Waals surface area contributed by atoms with Gasteiger partial charge in [0.05, 0.1) is 4.92 Å². The number of anilines is 1. The van der Waals surface area contributed by atoms with E-state index in [2.05, 4.69) is 5.32 Å². The van der Waals surface area contributed by atoms with E-state index < -0.39 is 0 Å². The summed E-state index contributed by atoms with van der Waals surface area (Å²) in [4.78, 5) is 10.6. The lowest BCUT2D eigenvalue weighted by Gasteiger charge is -2.09. The Labute approximate surface area is 122 Å². The Hall–Kier alpha value is -2.07. The van der Waals surface area contributed by atoms with Crippen LogP contribution in [0.3, 0.4) is 0 Å². The molecule has 0 bridgehead atoms. The first-order valence-electron chi connectivity index (χ1n) is 6.21. The molecule has 0 aromatic heterocycles. The average molecular weight is 291 g/mol. The summed E-state index contributed by atoms with van der Waals surface area (Å²) in [5.41, 5.74) is 3.56. The first-order chi connectivity index (χ1) is 9.47. The summed E-state index contributed by atoms with van der Waals surface area (Å²) in [6.07, 6.45) is 0. The molecule has 0 spiro atoms. The molecule has 4 nitrogen and oxygen atoms in total. The summed E-state index contributed by atoms with van der Waals surface area (Å²) in [6, 6.07) is 10.8. The van der Waals surface area contributed by atoms with Crippen LogP contribution in [-0.2, 0) is 6.54 Å². The van der Waals surface area contributed by atoms with Crippen LogP contribution < -0.4 is 5.32 Å². The van der Waals surface area contributed by atoms with Crippen molar-refractivity contribution in [2.45, 2.75) is 20.4 Å². The van der Waals surface area contributed by atoms with Crippen LogP contribution in [0.1, 0.15) is 16.7 Å². The maximum atomic E-state index is 11.0. The number of halogens is 1. The monoisotopic (exact) mass is 290 g/mol. The molecule has 2 aromatic rings. The fourth-order valence-electron chi connectivity index (χ4n) is 1.89. The first kappa shape index (κ1) is 14.3. The van der Waals surface area contributed by atoms with Crippen LogP contribution in [0.4, 0.5) is 11.4 Å². The maximum absolute atomic E-state index is 11.0. The molecule has 0 atom stereocenters. The highest BCUT2D eigenvalue weighted by Crippen LogP contribution is 2.26. The molecule has 2 rings (SSSR count). The predicted molar refractivity (Wildman–Crippen MR) is 81.3 cm³/mol. The number of nitro benzene ring substituents is 1. The molecule has 5 heteroatoms. The quantitative estimate of drug-likeness (QED) is 0.667. The first-order valence-corrected chi connectivity index (χ1v) is 6.59. The molecule has 104 valence electrons. The number of benzene rings is 2. The Morgan fingerprint density at radius 3 is 2.60 bits per heavy atom. The minimum atomic E-state index is -0.385. The normalized spacial score (nSPS) is 10.3. The Morgan fingerprint density at radius 2 is 1.95 bits per heavy atom. The van der Waals surface area contributed by atoms with Crippen molar-refractivity contribution in [1.29, 1.82) is 0 Å². The molecule has 0 heterocycles. The van der Waals surface area contributed by atoms with Gasteiger partial charge in [0.2, 0.25) is 0 Å². The van der Waals surface area contributed by atoms with Crippen molar-refractivity contribution in [3.63, 3.8) is 0 Å². The van der Waals surface area contributed by atoms with Gasteiger partial charge in [-0.15, -0.1) is 0 Å². The fourth-order valence-corrected chi connectivity index (χ4v) is 2.10. The molecule has 0 amide bonds. The van der Waals surface area contributed by atoms with E-state index >= 15 is 0 Å². The lowest BCUT2D eigenvalue weighted by atomic mass is 10.1. The molecule has 0 aliphatic carbocycles. The van der Waals surface area contributed by atoms with Crippen molar-refractivity contribution in [3.05, 3.63) is 68.2 Å². The van der Waals surface area contributed by atoms with Crippen molar-refractivity contribution < 1.29 is 4.92 Å². The van der Waals surface area contributed by atoms with Gasteiger partial charge >= 0.3 is 0 Å². The number of rotatable bonds is 4. The number of hydrogen-bond acceptors (Lipinski definition) is 3. The average Bonchev–Trinajstić information content (AvgIpc) is 2.40. The van der Waals surface area contributed by atoms with Gasteiger partial charge in [0.1, 0.15) is 5.69 Å². The van der Waals surface area contributed by atoms with E-state index in [0.29, 0.717) is 17.3 Å². The summed E-state index contributed by atoms with van der Waals surface area (Å²) >= 11 is 6.07. The van der Waals surface area contributed by atoms with E-state index in [0.717, 1.165) is 16.7 Å². The van der Waals surface area contributed by atoms with Gasteiger partial charge < -0.3 is 5.32 Å². The van der Waals surface area contributed by atoms with Crippen molar-refractivity contribution >= 4 is 23.0 Å². The van der Waals surface area contributed by atoms with Gasteiger partial charge in [-0.2, -0.15) is 0 Å². The maximum Gasteiger partial charge on any atom is 0.292 e. The summed E-state index contributed by atoms with van der Waals surface area (Å²) < 4.78 is 0. The number of hydrogen-bond donors (Lipinski definition) is 1. The predicted octanol–water partition coefficient (Wildman–Crippen LogP) is 4.48. The second-order valence-electron chi connectivity index (χ2n) is 4.71. The van der Waals surface area contributed by atoms with Gasteiger partial charge in [0.25, 0.3) is 5.69 Å². The van der Waals surface area contributed by atoms with Crippen LogP contribution in [-0.4, -0.2) is 4.92 Å². The highest BCUT2D eigenvalue weighted by molar-refractivity contribution is 6.31. The smallest absolute Gasteiger partial charge is 0.292 e. The minimum absolute atomic E-state index is 0.0776. The minimum Gasteiger partial charge on any atom is -0.375 e. The topological polar surface area (TPSA) is 55.2 Å². The summed E-state index contributed by atoms with van der Waals surface area (Å²) in [6.45, 7) is 4.33. The van der Waals surface area contributed by atoms with Crippen molar-refractivity contribution in [2.75, 3.05) is 5.32 Å². The Balaban J connectivity index is 2.20. The van der Waals surface area contributed by atoms with Crippen LogP contribution >= 0.6 is 11.6 Å². The van der Waals surface area contributed by atoms with E-state index in [1.165, 1.54) is 6.07 Å². The van der Waals surface area contributed by atoms with Gasteiger partial charge in [0, 0.05) is 17.6 Å². The van der Waals surface area contributed by atoms with Gasteiger partial charge in [0.15, 0.2) is 0 Å². The van der Waals surface area contributed by atoms with E-state index in [-0.39, 0.29) is 10.6 Å². The Kier molecular flexibility index (Phi) is 4.25. The fraction of sp³-hybridized carbons (Fsp3) is 0.200. The molecule has 0 unspecified atom stereocenters. The standard InChI is InChI=1S/C15H15ClN2O2/c1-10-3-6-15(18(19)20)14(7-10)17-9-12-5-4-11(2)13(16)8-12/h3-8,17H,9H2,1-2H3. The summed E-state index contributed by atoms with van der Waals surface area (Å²) in [5, 5.41) is 14.8. The summed E-state index contributed by atoms with van der Waals surface area (Å²) in [5.74, 6) is 0. The second-order valence-corrected chi connectivity index (χ2v) is 5.12. The van der Waals surface area contributed by atoms with Crippen molar-refractivity contribution in [2.24, 2.45) is 0 Å². The zero-order chi connectivity index (χ0) is 14.7. The van der Waals surface area contributed by atoms with Gasteiger partial charge in [-0.05, 0) is 42.7 Å². The zero-order valence-corrected chi connectivity index (χ0v) is 12.1. The van der Waals surface area contributed by atoms with Crippen LogP contribution in [0.25, 0.3) is 0 Å². The molecule has 20 heavy (non-hydrogen) atoms. The van der Waals surface area contributed by atoms with E-state index in [1.807, 2.05) is 32.0 Å². The van der Waals surface area contributed by atoms with E-state index in [9.17, 15) is 10.1 Å². The molecule has 0 aliphatic rings. The van der Waals surface area contributed by atoms with Crippen LogP contribution in [0, 0.1) is 24.0 Å². The van der Waals surface area contributed by atoms with E-state index in [4.69, 9.17) is 11.6 Å². The highest BCUT2D eigenvalue weighted by atomic mass is 35.5. The molecule has 0 saturated carbocycles. The number of nitrogens with one attached hydrogen (secondary N) is 1. The number of nitro groups is 1. The molecular weight excluding hydrogens is 276 g/mol. The largest absolute Gasteiger partial charge is 0.375 e. The van der Waals surface area contributed by atoms with Crippen molar-refractivity contribution in [3.8, 4) is 0 Å². The number of nitrogens with zero attached hydrogens (tertiary/aromatic N) is 1. The van der Waals surface area contributed by atoms with Crippen LogP contribution in [0.5, 0.6) is 0 Å². The van der Waals surface area contributed by atoms with Crippen LogP contribution in [0.15, 0.2) is 36.4 Å². The molecule has 0 aliphatic heterocycles. The third-order valence-electron chi connectivity index (χ3n) is 3.07. The van der Waals surface area contributed by atoms with Gasteiger partial charge in [-0.3, -0.25) is 10.1 Å². The van der Waals surface area contributed by atoms with E-state index in [1.54, 1.807) is 12.1 Å².